The number of esters is 1. The smallest absolute Gasteiger partial charge is 0.324 e. The number of halogens is 2. The first-order chi connectivity index (χ1) is 7.97. The van der Waals surface area contributed by atoms with Crippen molar-refractivity contribution in [2.75, 3.05) is 7.11 Å². The number of alkyl halides is 1. The maximum Gasteiger partial charge on any atom is 0.324 e. The molecule has 5 nitrogen and oxygen atoms in total. The van der Waals surface area contributed by atoms with E-state index in [1.54, 1.807) is 0 Å². The van der Waals surface area contributed by atoms with Gasteiger partial charge in [0.2, 0.25) is 0 Å². The highest BCUT2D eigenvalue weighted by Crippen LogP contribution is 2.24. The van der Waals surface area contributed by atoms with Crippen LogP contribution in [0.15, 0.2) is 18.2 Å². The summed E-state index contributed by atoms with van der Waals surface area (Å²) in [5.74, 6) is -1.53. The fraction of sp³-hybridized carbons (Fsp3) is 0.300. The van der Waals surface area contributed by atoms with E-state index < -0.39 is 27.8 Å². The Labute approximate surface area is 101 Å². The minimum atomic E-state index is -1.16. The maximum absolute atomic E-state index is 13.4. The lowest BCUT2D eigenvalue weighted by Crippen LogP contribution is -2.19. The van der Waals surface area contributed by atoms with Crippen LogP contribution in [0, 0.1) is 15.9 Å². The molecule has 0 saturated heterocycles. The molecular weight excluding hydrogens is 253 g/mol. The molecule has 0 radical (unpaired) electrons. The summed E-state index contributed by atoms with van der Waals surface area (Å²) in [5, 5.41) is 9.52. The molecule has 0 heterocycles. The second-order valence-electron chi connectivity index (χ2n) is 3.19. The van der Waals surface area contributed by atoms with Gasteiger partial charge in [0, 0.05) is 12.5 Å². The van der Waals surface area contributed by atoms with Crippen LogP contribution >= 0.6 is 11.6 Å². The van der Waals surface area contributed by atoms with Crippen LogP contribution in [0.3, 0.4) is 0 Å². The highest BCUT2D eigenvalue weighted by atomic mass is 35.5. The summed E-state index contributed by atoms with van der Waals surface area (Å²) in [6.07, 6.45) is -0.294. The van der Waals surface area contributed by atoms with Gasteiger partial charge in [0.1, 0.15) is 11.2 Å². The van der Waals surface area contributed by atoms with Gasteiger partial charge >= 0.3 is 5.97 Å². The van der Waals surface area contributed by atoms with Crippen molar-refractivity contribution in [1.29, 1.82) is 0 Å². The number of nitro benzene ring substituents is 1. The molecule has 0 aliphatic heterocycles. The van der Waals surface area contributed by atoms with Crippen molar-refractivity contribution in [2.24, 2.45) is 0 Å². The average molecular weight is 262 g/mol. The lowest BCUT2D eigenvalue weighted by atomic mass is 10.1. The second kappa shape index (κ2) is 5.58. The van der Waals surface area contributed by atoms with E-state index in [0.29, 0.717) is 0 Å². The van der Waals surface area contributed by atoms with Gasteiger partial charge in [-0.3, -0.25) is 14.9 Å². The highest BCUT2D eigenvalue weighted by Gasteiger charge is 2.24. The van der Waals surface area contributed by atoms with Gasteiger partial charge in [-0.15, -0.1) is 11.6 Å². The Morgan fingerprint density at radius 2 is 2.29 bits per heavy atom. The predicted octanol–water partition coefficient (Wildman–Crippen LogP) is 2.06. The van der Waals surface area contributed by atoms with Crippen LogP contribution in [0.4, 0.5) is 10.1 Å². The van der Waals surface area contributed by atoms with E-state index in [1.807, 2.05) is 0 Å². The average Bonchev–Trinajstić information content (AvgIpc) is 2.30. The molecule has 0 spiro atoms. The topological polar surface area (TPSA) is 69.4 Å². The SMILES string of the molecule is COC(=O)C(Cl)Cc1c(F)cccc1[N+](=O)[O-]. The Bertz CT molecular complexity index is 452. The monoisotopic (exact) mass is 261 g/mol. The summed E-state index contributed by atoms with van der Waals surface area (Å²) >= 11 is 5.65. The molecule has 0 saturated carbocycles. The van der Waals surface area contributed by atoms with Crippen LogP contribution in [0.5, 0.6) is 0 Å². The van der Waals surface area contributed by atoms with Gasteiger partial charge in [-0.05, 0) is 6.07 Å². The van der Waals surface area contributed by atoms with Gasteiger partial charge in [-0.25, -0.2) is 4.39 Å². The number of benzene rings is 1. The molecule has 1 aromatic rings. The maximum atomic E-state index is 13.4. The minimum absolute atomic E-state index is 0.206. The molecule has 0 fully saturated rings. The summed E-state index contributed by atoms with van der Waals surface area (Å²) in [4.78, 5) is 21.0. The number of carbonyl (C=O) groups excluding carboxylic acids is 1. The molecule has 0 aliphatic rings. The second-order valence-corrected chi connectivity index (χ2v) is 3.72. The Hall–Kier alpha value is -1.69. The third-order valence-corrected chi connectivity index (χ3v) is 2.46. The Kier molecular flexibility index (Phi) is 4.39. The Morgan fingerprint density at radius 3 is 2.82 bits per heavy atom. The zero-order chi connectivity index (χ0) is 13.0. The van der Waals surface area contributed by atoms with Crippen LogP contribution in [0.2, 0.25) is 0 Å². The molecule has 0 aliphatic carbocycles. The minimum Gasteiger partial charge on any atom is -0.468 e. The van der Waals surface area contributed by atoms with Crippen molar-refractivity contribution in [3.05, 3.63) is 39.7 Å². The van der Waals surface area contributed by atoms with Crippen molar-refractivity contribution in [3.63, 3.8) is 0 Å². The first kappa shape index (κ1) is 13.4. The summed E-state index contributed by atoms with van der Waals surface area (Å²) in [6.45, 7) is 0. The summed E-state index contributed by atoms with van der Waals surface area (Å²) in [7, 11) is 1.13. The van der Waals surface area contributed by atoms with E-state index in [-0.39, 0.29) is 12.0 Å². The van der Waals surface area contributed by atoms with Crippen molar-refractivity contribution in [1.82, 2.24) is 0 Å². The van der Waals surface area contributed by atoms with Crippen molar-refractivity contribution in [3.8, 4) is 0 Å². The van der Waals surface area contributed by atoms with E-state index in [1.165, 1.54) is 6.07 Å². The number of nitro groups is 1. The number of hydrogen-bond acceptors (Lipinski definition) is 4. The highest BCUT2D eigenvalue weighted by molar-refractivity contribution is 6.30. The summed E-state index contributed by atoms with van der Waals surface area (Å²) < 4.78 is 17.8. The molecule has 0 aromatic heterocycles. The summed E-state index contributed by atoms with van der Waals surface area (Å²) in [5.41, 5.74) is -0.609. The fourth-order valence-corrected chi connectivity index (χ4v) is 1.55. The Morgan fingerprint density at radius 1 is 1.65 bits per heavy atom. The predicted molar refractivity (Wildman–Crippen MR) is 58.4 cm³/mol. The normalized spacial score (nSPS) is 11.9. The van der Waals surface area contributed by atoms with Crippen LogP contribution < -0.4 is 0 Å². The van der Waals surface area contributed by atoms with Gasteiger partial charge in [-0.1, -0.05) is 6.07 Å². The molecule has 17 heavy (non-hydrogen) atoms. The van der Waals surface area contributed by atoms with Gasteiger partial charge in [0.05, 0.1) is 17.6 Å². The lowest BCUT2D eigenvalue weighted by molar-refractivity contribution is -0.385. The number of rotatable bonds is 4. The molecule has 0 bridgehead atoms. The van der Waals surface area contributed by atoms with Crippen molar-refractivity contribution >= 4 is 23.3 Å². The number of ether oxygens (including phenoxy) is 1. The zero-order valence-corrected chi connectivity index (χ0v) is 9.61. The number of carbonyl (C=O) groups is 1. The first-order valence-corrected chi connectivity index (χ1v) is 5.04. The van der Waals surface area contributed by atoms with Crippen LogP contribution in [-0.2, 0) is 16.0 Å². The van der Waals surface area contributed by atoms with Gasteiger partial charge in [-0.2, -0.15) is 0 Å². The van der Waals surface area contributed by atoms with Crippen LogP contribution in [0.1, 0.15) is 5.56 Å². The van der Waals surface area contributed by atoms with Crippen LogP contribution in [-0.4, -0.2) is 23.4 Å². The Balaban J connectivity index is 3.05. The molecule has 0 N–H and O–H groups in total. The molecule has 7 heteroatoms. The quantitative estimate of drug-likeness (QED) is 0.360. The van der Waals surface area contributed by atoms with E-state index in [2.05, 4.69) is 4.74 Å². The largest absolute Gasteiger partial charge is 0.468 e. The third kappa shape index (κ3) is 3.13. The molecule has 1 aromatic carbocycles. The van der Waals surface area contributed by atoms with E-state index in [0.717, 1.165) is 19.2 Å². The molecule has 0 amide bonds. The standard InChI is InChI=1S/C10H9ClFNO4/c1-17-10(14)7(11)5-6-8(12)3-2-4-9(6)13(15)16/h2-4,7H,5H2,1H3. The molecular formula is C10H9ClFNO4. The van der Waals surface area contributed by atoms with Crippen LogP contribution in [0.25, 0.3) is 0 Å². The van der Waals surface area contributed by atoms with Gasteiger partial charge in [0.25, 0.3) is 5.69 Å². The van der Waals surface area contributed by atoms with E-state index >= 15 is 0 Å². The first-order valence-electron chi connectivity index (χ1n) is 4.61. The van der Waals surface area contributed by atoms with E-state index in [4.69, 9.17) is 11.6 Å². The molecule has 1 rings (SSSR count). The number of methoxy groups -OCH3 is 1. The molecule has 92 valence electrons. The number of nitrogens with zero attached hydrogens (tertiary/aromatic N) is 1. The lowest BCUT2D eigenvalue weighted by Gasteiger charge is -2.08. The fourth-order valence-electron chi connectivity index (χ4n) is 1.31. The van der Waals surface area contributed by atoms with Gasteiger partial charge in [0.15, 0.2) is 0 Å². The molecule has 1 unspecified atom stereocenters. The third-order valence-electron chi connectivity index (χ3n) is 2.13. The van der Waals surface area contributed by atoms with Gasteiger partial charge < -0.3 is 4.74 Å². The van der Waals surface area contributed by atoms with E-state index in [9.17, 15) is 19.3 Å². The van der Waals surface area contributed by atoms with Crippen molar-refractivity contribution < 1.29 is 18.8 Å². The summed E-state index contributed by atoms with van der Waals surface area (Å²) in [6, 6.07) is 3.45. The van der Waals surface area contributed by atoms with Crippen molar-refractivity contribution in [2.45, 2.75) is 11.8 Å². The number of hydrogen-bond donors (Lipinski definition) is 0. The molecule has 1 atom stereocenters. The zero-order valence-electron chi connectivity index (χ0n) is 8.85.